The minimum atomic E-state index is -5.09. The molecule has 0 saturated carbocycles. The standard InChI is InChI=1S/C67H42F6N6/c1-40-27-41(2)29-49(28-40)47-23-25-53-54-26-24-48(50-32-51(66(68,69)70)36-52(33-50)67(71,72)73)35-62(54)79(61(53)34-47)63-55(64-75-57(43-15-7-3-8-16-43)37-58(76-64)44-17-9-4-10-18-44)30-42(39-74)31-56(63)65-77-59(45-19-11-5-12-20-45)38-60(78-65)46-21-13-6-14-22-46/h3-38H,1-2H3. The third-order valence-corrected chi connectivity index (χ3v) is 13.9. The van der Waals surface area contributed by atoms with E-state index in [1.807, 2.05) is 170 Å². The fourth-order valence-electron chi connectivity index (χ4n) is 10.3. The van der Waals surface area contributed by atoms with Gasteiger partial charge in [-0.05, 0) is 90.7 Å². The van der Waals surface area contributed by atoms with E-state index in [0.29, 0.717) is 61.4 Å². The second-order valence-corrected chi connectivity index (χ2v) is 19.4. The Labute approximate surface area is 450 Å². The van der Waals surface area contributed by atoms with E-state index in [1.165, 1.54) is 6.07 Å². The van der Waals surface area contributed by atoms with Crippen LogP contribution in [0.25, 0.3) is 118 Å². The van der Waals surface area contributed by atoms with Crippen molar-refractivity contribution in [2.24, 2.45) is 0 Å². The summed E-state index contributed by atoms with van der Waals surface area (Å²) in [6.07, 6.45) is -10.2. The second-order valence-electron chi connectivity index (χ2n) is 19.4. The Hall–Kier alpha value is -9.99. The van der Waals surface area contributed by atoms with Crippen LogP contribution in [0.3, 0.4) is 0 Å². The first-order valence-corrected chi connectivity index (χ1v) is 25.2. The number of halogens is 6. The quantitative estimate of drug-likeness (QED) is 0.135. The van der Waals surface area contributed by atoms with E-state index in [-0.39, 0.29) is 34.4 Å². The Morgan fingerprint density at radius 2 is 0.722 bits per heavy atom. The summed E-state index contributed by atoms with van der Waals surface area (Å²) in [5.41, 5.74) is 8.47. The molecule has 0 atom stereocenters. The summed E-state index contributed by atoms with van der Waals surface area (Å²) in [5.74, 6) is 0.417. The van der Waals surface area contributed by atoms with Gasteiger partial charge in [0, 0.05) is 44.2 Å². The molecule has 0 bridgehead atoms. The van der Waals surface area contributed by atoms with E-state index < -0.39 is 23.5 Å². The summed E-state index contributed by atoms with van der Waals surface area (Å²) < 4.78 is 89.3. The molecule has 0 aliphatic heterocycles. The van der Waals surface area contributed by atoms with E-state index in [2.05, 4.69) is 24.3 Å². The van der Waals surface area contributed by atoms with Gasteiger partial charge in [-0.25, -0.2) is 19.9 Å². The molecular weight excluding hydrogens is 1000 g/mol. The summed E-state index contributed by atoms with van der Waals surface area (Å²) >= 11 is 0. The molecule has 9 aromatic carbocycles. The molecule has 12 heteroatoms. The molecule has 0 aliphatic rings. The highest BCUT2D eigenvalue weighted by molar-refractivity contribution is 6.12. The molecule has 0 unspecified atom stereocenters. The number of fused-ring (bicyclic) bond motifs is 3. The zero-order chi connectivity index (χ0) is 54.6. The molecule has 0 N–H and O–H groups in total. The lowest BCUT2D eigenvalue weighted by Crippen LogP contribution is -2.11. The van der Waals surface area contributed by atoms with Crippen molar-refractivity contribution < 1.29 is 26.3 Å². The van der Waals surface area contributed by atoms with Crippen LogP contribution in [-0.2, 0) is 12.4 Å². The van der Waals surface area contributed by atoms with Gasteiger partial charge in [-0.1, -0.05) is 175 Å². The first-order chi connectivity index (χ1) is 38.1. The first-order valence-electron chi connectivity index (χ1n) is 25.2. The molecule has 6 nitrogen and oxygen atoms in total. The van der Waals surface area contributed by atoms with Gasteiger partial charge in [0.15, 0.2) is 11.6 Å². The zero-order valence-corrected chi connectivity index (χ0v) is 42.2. The Kier molecular flexibility index (Phi) is 12.5. The van der Waals surface area contributed by atoms with Crippen molar-refractivity contribution in [2.75, 3.05) is 0 Å². The van der Waals surface area contributed by atoms with Gasteiger partial charge in [0.1, 0.15) is 0 Å². The monoisotopic (exact) mass is 1040 g/mol. The Balaban J connectivity index is 1.27. The number of hydrogen-bond donors (Lipinski definition) is 0. The lowest BCUT2D eigenvalue weighted by atomic mass is 9.97. The van der Waals surface area contributed by atoms with Crippen LogP contribution >= 0.6 is 0 Å². The average molecular weight is 1050 g/mol. The van der Waals surface area contributed by atoms with E-state index >= 15 is 0 Å². The minimum absolute atomic E-state index is 0.0850. The molecule has 79 heavy (non-hydrogen) atoms. The summed E-state index contributed by atoms with van der Waals surface area (Å²) in [6, 6.07) is 66.7. The Bertz CT molecular complexity index is 4040. The molecule has 0 fully saturated rings. The van der Waals surface area contributed by atoms with Crippen molar-refractivity contribution in [3.05, 3.63) is 246 Å². The van der Waals surface area contributed by atoms with Crippen molar-refractivity contribution in [2.45, 2.75) is 26.2 Å². The molecule has 3 heterocycles. The summed E-state index contributed by atoms with van der Waals surface area (Å²) in [5, 5.41) is 12.4. The number of alkyl halides is 6. The number of aryl methyl sites for hydroxylation is 2. The molecule has 0 aliphatic carbocycles. The molecule has 12 rings (SSSR count). The van der Waals surface area contributed by atoms with E-state index in [1.54, 1.807) is 24.3 Å². The molecule has 12 aromatic rings. The van der Waals surface area contributed by atoms with E-state index in [4.69, 9.17) is 19.9 Å². The predicted octanol–water partition coefficient (Wildman–Crippen LogP) is 18.2. The number of nitriles is 1. The van der Waals surface area contributed by atoms with Crippen LogP contribution < -0.4 is 0 Å². The van der Waals surface area contributed by atoms with Gasteiger partial charge in [-0.2, -0.15) is 31.6 Å². The third-order valence-electron chi connectivity index (χ3n) is 13.9. The van der Waals surface area contributed by atoms with Gasteiger partial charge in [-0.15, -0.1) is 0 Å². The summed E-state index contributed by atoms with van der Waals surface area (Å²) in [7, 11) is 0. The van der Waals surface area contributed by atoms with Gasteiger partial charge in [0.2, 0.25) is 0 Å². The van der Waals surface area contributed by atoms with Crippen LogP contribution in [0.5, 0.6) is 0 Å². The maximum Gasteiger partial charge on any atom is 0.416 e. The SMILES string of the molecule is Cc1cc(C)cc(-c2ccc3c4ccc(-c5cc(C(F)(F)F)cc(C(F)(F)F)c5)cc4n(-c4c(-c5nc(-c6ccccc6)cc(-c6ccccc6)n5)cc(C#N)cc4-c4nc(-c5ccccc5)cc(-c5ccccc5)n4)c3c2)c1. The average Bonchev–Trinajstić information content (AvgIpc) is 4.07. The molecule has 0 saturated heterocycles. The van der Waals surface area contributed by atoms with Gasteiger partial charge in [0.25, 0.3) is 0 Å². The first kappa shape index (κ1) is 49.9. The van der Waals surface area contributed by atoms with Crippen molar-refractivity contribution in [1.82, 2.24) is 24.5 Å². The van der Waals surface area contributed by atoms with Crippen LogP contribution in [0.1, 0.15) is 27.8 Å². The molecular formula is C67H42F6N6. The van der Waals surface area contributed by atoms with Gasteiger partial charge in [0.05, 0.1) is 62.3 Å². The second kappa shape index (κ2) is 19.9. The van der Waals surface area contributed by atoms with Crippen LogP contribution in [0.15, 0.2) is 218 Å². The van der Waals surface area contributed by atoms with E-state index in [9.17, 15) is 31.6 Å². The number of aromatic nitrogens is 5. The fourth-order valence-corrected chi connectivity index (χ4v) is 10.3. The number of benzene rings is 9. The lowest BCUT2D eigenvalue weighted by Gasteiger charge is -2.20. The smallest absolute Gasteiger partial charge is 0.308 e. The summed E-state index contributed by atoms with van der Waals surface area (Å²) in [4.78, 5) is 21.2. The minimum Gasteiger partial charge on any atom is -0.308 e. The maximum atomic E-state index is 14.6. The van der Waals surface area contributed by atoms with Crippen molar-refractivity contribution in [3.63, 3.8) is 0 Å². The topological polar surface area (TPSA) is 80.3 Å². The number of rotatable bonds is 9. The predicted molar refractivity (Wildman–Crippen MR) is 300 cm³/mol. The normalized spacial score (nSPS) is 11.8. The largest absolute Gasteiger partial charge is 0.416 e. The zero-order valence-electron chi connectivity index (χ0n) is 42.2. The van der Waals surface area contributed by atoms with Gasteiger partial charge in [-0.3, -0.25) is 0 Å². The van der Waals surface area contributed by atoms with Crippen molar-refractivity contribution in [1.29, 1.82) is 5.26 Å². The highest BCUT2D eigenvalue weighted by Crippen LogP contribution is 2.46. The van der Waals surface area contributed by atoms with Crippen LogP contribution in [0.4, 0.5) is 26.3 Å². The highest BCUT2D eigenvalue weighted by atomic mass is 19.4. The Morgan fingerprint density at radius 3 is 1.06 bits per heavy atom. The summed E-state index contributed by atoms with van der Waals surface area (Å²) in [6.45, 7) is 4.03. The van der Waals surface area contributed by atoms with Crippen LogP contribution in [0.2, 0.25) is 0 Å². The van der Waals surface area contributed by atoms with Gasteiger partial charge < -0.3 is 4.57 Å². The fraction of sp³-hybridized carbons (Fsp3) is 0.0597. The number of hydrogen-bond acceptors (Lipinski definition) is 5. The highest BCUT2D eigenvalue weighted by Gasteiger charge is 2.37. The van der Waals surface area contributed by atoms with Crippen molar-refractivity contribution in [3.8, 4) is 102 Å². The molecule has 0 spiro atoms. The molecule has 0 radical (unpaired) electrons. The molecule has 3 aromatic heterocycles. The number of nitrogens with zero attached hydrogens (tertiary/aromatic N) is 6. The Morgan fingerprint density at radius 1 is 0.367 bits per heavy atom. The van der Waals surface area contributed by atoms with Crippen LogP contribution in [0, 0.1) is 25.2 Å². The maximum absolute atomic E-state index is 14.6. The van der Waals surface area contributed by atoms with E-state index in [0.717, 1.165) is 56.6 Å². The molecule has 0 amide bonds. The van der Waals surface area contributed by atoms with Crippen molar-refractivity contribution >= 4 is 21.8 Å². The van der Waals surface area contributed by atoms with Crippen LogP contribution in [-0.4, -0.2) is 24.5 Å². The third kappa shape index (κ3) is 9.79. The molecule has 382 valence electrons. The van der Waals surface area contributed by atoms with Gasteiger partial charge >= 0.3 is 12.4 Å². The lowest BCUT2D eigenvalue weighted by molar-refractivity contribution is -0.143.